The Balaban J connectivity index is 1.92. The fourth-order valence-electron chi connectivity index (χ4n) is 2.55. The summed E-state index contributed by atoms with van der Waals surface area (Å²) in [6.45, 7) is 2.08. The van der Waals surface area contributed by atoms with Gasteiger partial charge in [0.1, 0.15) is 11.6 Å². The summed E-state index contributed by atoms with van der Waals surface area (Å²) in [6.07, 6.45) is 0.964. The van der Waals surface area contributed by atoms with Crippen LogP contribution in [-0.4, -0.2) is 13.1 Å². The lowest BCUT2D eigenvalue weighted by Gasteiger charge is -2.24. The number of halogens is 2. The molecule has 20 heavy (non-hydrogen) atoms. The Bertz CT molecular complexity index is 613. The minimum absolute atomic E-state index is 0.360. The molecule has 0 spiro atoms. The predicted octanol–water partition coefficient (Wildman–Crippen LogP) is 3.79. The minimum Gasteiger partial charge on any atom is -0.383 e. The zero-order valence-corrected chi connectivity index (χ0v) is 11.1. The molecule has 0 saturated carbocycles. The molecule has 1 aliphatic heterocycles. The van der Waals surface area contributed by atoms with Crippen molar-refractivity contribution in [1.82, 2.24) is 0 Å². The van der Waals surface area contributed by atoms with Gasteiger partial charge in [0.05, 0.1) is 11.4 Å². The number of benzene rings is 2. The SMILES string of the molecule is Fc1ccc(F)c(CN2CCCNc3ccccc32)c1. The van der Waals surface area contributed by atoms with Gasteiger partial charge in [-0.2, -0.15) is 0 Å². The zero-order chi connectivity index (χ0) is 13.9. The Hall–Kier alpha value is -2.10. The molecule has 2 nitrogen and oxygen atoms in total. The van der Waals surface area contributed by atoms with Crippen molar-refractivity contribution < 1.29 is 8.78 Å². The molecule has 0 aliphatic carbocycles. The average Bonchev–Trinajstić information content (AvgIpc) is 2.66. The van der Waals surface area contributed by atoms with Crippen LogP contribution in [0.25, 0.3) is 0 Å². The van der Waals surface area contributed by atoms with E-state index in [9.17, 15) is 8.78 Å². The van der Waals surface area contributed by atoms with E-state index in [4.69, 9.17) is 0 Å². The van der Waals surface area contributed by atoms with E-state index < -0.39 is 5.82 Å². The van der Waals surface area contributed by atoms with Crippen LogP contribution < -0.4 is 10.2 Å². The highest BCUT2D eigenvalue weighted by Crippen LogP contribution is 2.29. The monoisotopic (exact) mass is 274 g/mol. The maximum atomic E-state index is 13.8. The molecule has 0 unspecified atom stereocenters. The van der Waals surface area contributed by atoms with Gasteiger partial charge in [-0.3, -0.25) is 0 Å². The van der Waals surface area contributed by atoms with Crippen molar-refractivity contribution in [2.24, 2.45) is 0 Å². The first-order valence-electron chi connectivity index (χ1n) is 6.76. The highest BCUT2D eigenvalue weighted by molar-refractivity contribution is 5.70. The van der Waals surface area contributed by atoms with Crippen molar-refractivity contribution in [2.45, 2.75) is 13.0 Å². The second kappa shape index (κ2) is 5.49. The maximum Gasteiger partial charge on any atom is 0.128 e. The van der Waals surface area contributed by atoms with E-state index in [1.807, 2.05) is 24.3 Å². The van der Waals surface area contributed by atoms with Crippen LogP contribution in [0.4, 0.5) is 20.2 Å². The van der Waals surface area contributed by atoms with E-state index in [0.29, 0.717) is 12.1 Å². The number of para-hydroxylation sites is 2. The molecule has 2 aromatic carbocycles. The second-order valence-electron chi connectivity index (χ2n) is 4.95. The van der Waals surface area contributed by atoms with Crippen LogP contribution in [-0.2, 0) is 6.54 Å². The molecule has 1 N–H and O–H groups in total. The average molecular weight is 274 g/mol. The molecule has 4 heteroatoms. The highest BCUT2D eigenvalue weighted by atomic mass is 19.1. The molecule has 2 aromatic rings. The minimum atomic E-state index is -0.400. The summed E-state index contributed by atoms with van der Waals surface area (Å²) < 4.78 is 27.1. The lowest BCUT2D eigenvalue weighted by molar-refractivity contribution is 0.580. The third kappa shape index (κ3) is 2.59. The van der Waals surface area contributed by atoms with Gasteiger partial charge in [-0.15, -0.1) is 0 Å². The van der Waals surface area contributed by atoms with Crippen LogP contribution in [0.2, 0.25) is 0 Å². The number of nitrogens with one attached hydrogen (secondary N) is 1. The van der Waals surface area contributed by atoms with Gasteiger partial charge in [-0.05, 0) is 36.8 Å². The van der Waals surface area contributed by atoms with E-state index in [1.165, 1.54) is 12.1 Å². The summed E-state index contributed by atoms with van der Waals surface area (Å²) in [5.74, 6) is -0.760. The van der Waals surface area contributed by atoms with E-state index >= 15 is 0 Å². The molecule has 0 amide bonds. The van der Waals surface area contributed by atoms with E-state index in [2.05, 4.69) is 10.2 Å². The van der Waals surface area contributed by atoms with Gasteiger partial charge in [0, 0.05) is 25.2 Å². The van der Waals surface area contributed by atoms with Gasteiger partial charge >= 0.3 is 0 Å². The molecule has 0 saturated heterocycles. The number of rotatable bonds is 2. The Labute approximate surface area is 117 Å². The van der Waals surface area contributed by atoms with Gasteiger partial charge < -0.3 is 10.2 Å². The third-order valence-electron chi connectivity index (χ3n) is 3.53. The van der Waals surface area contributed by atoms with Gasteiger partial charge in [-0.1, -0.05) is 12.1 Å². The van der Waals surface area contributed by atoms with Crippen LogP contribution in [0.1, 0.15) is 12.0 Å². The third-order valence-corrected chi connectivity index (χ3v) is 3.53. The lowest BCUT2D eigenvalue weighted by atomic mass is 10.1. The number of anilines is 2. The predicted molar refractivity (Wildman–Crippen MR) is 77.0 cm³/mol. The van der Waals surface area contributed by atoms with Crippen molar-refractivity contribution in [3.8, 4) is 0 Å². The van der Waals surface area contributed by atoms with Crippen LogP contribution >= 0.6 is 0 Å². The number of nitrogens with zero attached hydrogens (tertiary/aromatic N) is 1. The van der Waals surface area contributed by atoms with Crippen molar-refractivity contribution in [3.63, 3.8) is 0 Å². The van der Waals surface area contributed by atoms with Gasteiger partial charge in [-0.25, -0.2) is 8.78 Å². The molecule has 1 aliphatic rings. The van der Waals surface area contributed by atoms with Crippen LogP contribution in [0.3, 0.4) is 0 Å². The van der Waals surface area contributed by atoms with Crippen LogP contribution in [0.5, 0.6) is 0 Å². The smallest absolute Gasteiger partial charge is 0.128 e. The van der Waals surface area contributed by atoms with Crippen molar-refractivity contribution in [1.29, 1.82) is 0 Å². The first-order valence-corrected chi connectivity index (χ1v) is 6.76. The Morgan fingerprint density at radius 3 is 2.85 bits per heavy atom. The topological polar surface area (TPSA) is 15.3 Å². The molecule has 1 heterocycles. The summed E-state index contributed by atoms with van der Waals surface area (Å²) in [5, 5.41) is 3.36. The zero-order valence-electron chi connectivity index (χ0n) is 11.1. The van der Waals surface area contributed by atoms with Gasteiger partial charge in [0.25, 0.3) is 0 Å². The molecule has 104 valence electrons. The summed E-state index contributed by atoms with van der Waals surface area (Å²) in [6, 6.07) is 11.6. The fourth-order valence-corrected chi connectivity index (χ4v) is 2.55. The van der Waals surface area contributed by atoms with Gasteiger partial charge in [0.15, 0.2) is 0 Å². The number of hydrogen-bond donors (Lipinski definition) is 1. The van der Waals surface area contributed by atoms with Crippen molar-refractivity contribution >= 4 is 11.4 Å². The first-order chi connectivity index (χ1) is 9.74. The largest absolute Gasteiger partial charge is 0.383 e. The molecule has 0 aromatic heterocycles. The van der Waals surface area contributed by atoms with Crippen molar-refractivity contribution in [3.05, 3.63) is 59.7 Å². The fraction of sp³-hybridized carbons (Fsp3) is 0.250. The molecule has 0 fully saturated rings. The Kier molecular flexibility index (Phi) is 3.54. The number of hydrogen-bond acceptors (Lipinski definition) is 2. The van der Waals surface area contributed by atoms with E-state index in [0.717, 1.165) is 37.0 Å². The first kappa shape index (κ1) is 12.9. The highest BCUT2D eigenvalue weighted by Gasteiger charge is 2.16. The maximum absolute atomic E-state index is 13.8. The molecular formula is C16H16F2N2. The Morgan fingerprint density at radius 2 is 1.95 bits per heavy atom. The lowest BCUT2D eigenvalue weighted by Crippen LogP contribution is -2.24. The summed E-state index contributed by atoms with van der Waals surface area (Å²) in [5.41, 5.74) is 2.47. The quantitative estimate of drug-likeness (QED) is 0.896. The summed E-state index contributed by atoms with van der Waals surface area (Å²) >= 11 is 0. The normalized spacial score (nSPS) is 14.4. The van der Waals surface area contributed by atoms with Crippen LogP contribution in [0, 0.1) is 11.6 Å². The number of fused-ring (bicyclic) bond motifs is 1. The van der Waals surface area contributed by atoms with E-state index in [1.54, 1.807) is 0 Å². The van der Waals surface area contributed by atoms with Crippen molar-refractivity contribution in [2.75, 3.05) is 23.3 Å². The Morgan fingerprint density at radius 1 is 1.10 bits per heavy atom. The van der Waals surface area contributed by atoms with Gasteiger partial charge in [0.2, 0.25) is 0 Å². The van der Waals surface area contributed by atoms with Crippen LogP contribution in [0.15, 0.2) is 42.5 Å². The molecule has 0 bridgehead atoms. The van der Waals surface area contributed by atoms with E-state index in [-0.39, 0.29) is 5.82 Å². The molecular weight excluding hydrogens is 258 g/mol. The summed E-state index contributed by atoms with van der Waals surface area (Å²) in [7, 11) is 0. The standard InChI is InChI=1S/C16H16F2N2/c17-13-6-7-14(18)12(10-13)11-20-9-3-8-19-15-4-1-2-5-16(15)20/h1-2,4-7,10,19H,3,8-9,11H2. The molecule has 3 rings (SSSR count). The molecule has 0 atom stereocenters. The molecule has 0 radical (unpaired) electrons. The second-order valence-corrected chi connectivity index (χ2v) is 4.95. The summed E-state index contributed by atoms with van der Waals surface area (Å²) in [4.78, 5) is 2.09.